The number of pyridine rings is 1. The lowest BCUT2D eigenvalue weighted by Gasteiger charge is -2.06. The zero-order valence-corrected chi connectivity index (χ0v) is 15.0. The maximum atomic E-state index is 12.4. The van der Waals surface area contributed by atoms with Crippen molar-refractivity contribution in [2.75, 3.05) is 5.32 Å². The summed E-state index contributed by atoms with van der Waals surface area (Å²) < 4.78 is 0. The molecular formula is C19H19N3OS. The molecular weight excluding hydrogens is 318 g/mol. The molecule has 1 aromatic carbocycles. The number of carbonyl (C=O) groups is 1. The minimum Gasteiger partial charge on any atom is -0.298 e. The molecule has 0 radical (unpaired) electrons. The van der Waals surface area contributed by atoms with Gasteiger partial charge in [0.15, 0.2) is 5.13 Å². The average Bonchev–Trinajstić information content (AvgIpc) is 2.95. The van der Waals surface area contributed by atoms with Gasteiger partial charge in [0.2, 0.25) is 0 Å². The third-order valence-electron chi connectivity index (χ3n) is 3.85. The summed E-state index contributed by atoms with van der Waals surface area (Å²) in [5.74, 6) is -0.179. The molecule has 1 amide bonds. The Balaban J connectivity index is 1.82. The largest absolute Gasteiger partial charge is 0.298 e. The van der Waals surface area contributed by atoms with Crippen LogP contribution in [0.5, 0.6) is 0 Å². The molecule has 0 saturated heterocycles. The summed E-state index contributed by atoms with van der Waals surface area (Å²) in [6.07, 6.45) is 0. The molecule has 2 aromatic heterocycles. The van der Waals surface area contributed by atoms with Crippen LogP contribution in [0.15, 0.2) is 35.7 Å². The number of benzene rings is 1. The predicted octanol–water partition coefficient (Wildman–Crippen LogP) is 4.69. The number of nitrogens with zero attached hydrogens (tertiary/aromatic N) is 2. The van der Waals surface area contributed by atoms with Crippen LogP contribution in [0, 0.1) is 27.7 Å². The first kappa shape index (κ1) is 16.3. The second-order valence-corrected chi connectivity index (χ2v) is 6.75. The molecule has 0 unspecified atom stereocenters. The van der Waals surface area contributed by atoms with Crippen molar-refractivity contribution < 1.29 is 4.79 Å². The molecule has 122 valence electrons. The van der Waals surface area contributed by atoms with Crippen LogP contribution in [-0.4, -0.2) is 15.9 Å². The third-order valence-corrected chi connectivity index (χ3v) is 4.61. The molecule has 0 atom stereocenters. The van der Waals surface area contributed by atoms with E-state index in [0.717, 1.165) is 22.6 Å². The molecule has 24 heavy (non-hydrogen) atoms. The molecule has 0 saturated carbocycles. The van der Waals surface area contributed by atoms with Crippen LogP contribution < -0.4 is 5.32 Å². The minimum absolute atomic E-state index is 0.179. The van der Waals surface area contributed by atoms with E-state index >= 15 is 0 Å². The Bertz CT molecular complexity index is 915. The van der Waals surface area contributed by atoms with Crippen LogP contribution in [-0.2, 0) is 0 Å². The van der Waals surface area contributed by atoms with Crippen molar-refractivity contribution in [3.05, 3.63) is 63.8 Å². The van der Waals surface area contributed by atoms with Crippen LogP contribution in [0.3, 0.4) is 0 Å². The van der Waals surface area contributed by atoms with Crippen molar-refractivity contribution in [2.24, 2.45) is 0 Å². The Morgan fingerprint density at radius 2 is 1.83 bits per heavy atom. The number of rotatable bonds is 3. The summed E-state index contributed by atoms with van der Waals surface area (Å²) >= 11 is 1.43. The normalized spacial score (nSPS) is 10.7. The molecule has 0 aliphatic rings. The molecule has 0 aliphatic carbocycles. The number of amides is 1. The van der Waals surface area contributed by atoms with Crippen LogP contribution >= 0.6 is 11.3 Å². The molecule has 0 spiro atoms. The summed E-state index contributed by atoms with van der Waals surface area (Å²) in [4.78, 5) is 21.3. The van der Waals surface area contributed by atoms with Gasteiger partial charge in [0.05, 0.1) is 17.0 Å². The van der Waals surface area contributed by atoms with E-state index in [1.54, 1.807) is 6.07 Å². The summed E-state index contributed by atoms with van der Waals surface area (Å²) in [5.41, 5.74) is 6.56. The van der Waals surface area contributed by atoms with Crippen molar-refractivity contribution in [2.45, 2.75) is 27.7 Å². The van der Waals surface area contributed by atoms with Gasteiger partial charge in [-0.2, -0.15) is 0 Å². The number of thiazole rings is 1. The summed E-state index contributed by atoms with van der Waals surface area (Å²) in [5, 5.41) is 5.43. The molecule has 2 heterocycles. The molecule has 0 bridgehead atoms. The van der Waals surface area contributed by atoms with E-state index in [4.69, 9.17) is 0 Å². The lowest BCUT2D eigenvalue weighted by Crippen LogP contribution is -2.14. The number of anilines is 1. The highest BCUT2D eigenvalue weighted by Crippen LogP contribution is 2.28. The van der Waals surface area contributed by atoms with E-state index in [2.05, 4.69) is 47.3 Å². The van der Waals surface area contributed by atoms with Gasteiger partial charge >= 0.3 is 0 Å². The summed E-state index contributed by atoms with van der Waals surface area (Å²) in [6, 6.07) is 9.91. The molecule has 0 aliphatic heterocycles. The number of hydrogen-bond donors (Lipinski definition) is 1. The number of nitrogens with one attached hydrogen (secondary N) is 1. The number of carbonyl (C=O) groups excluding carboxylic acids is 1. The summed E-state index contributed by atoms with van der Waals surface area (Å²) in [7, 11) is 0. The topological polar surface area (TPSA) is 54.9 Å². The Morgan fingerprint density at radius 3 is 2.54 bits per heavy atom. The second kappa shape index (κ2) is 6.53. The van der Waals surface area contributed by atoms with Gasteiger partial charge in [-0.15, -0.1) is 11.3 Å². The van der Waals surface area contributed by atoms with Gasteiger partial charge in [-0.1, -0.05) is 23.8 Å². The van der Waals surface area contributed by atoms with Crippen molar-refractivity contribution >= 4 is 22.4 Å². The first-order chi connectivity index (χ1) is 11.4. The van der Waals surface area contributed by atoms with Gasteiger partial charge in [-0.25, -0.2) is 4.98 Å². The van der Waals surface area contributed by atoms with E-state index < -0.39 is 0 Å². The zero-order chi connectivity index (χ0) is 17.3. The van der Waals surface area contributed by atoms with Crippen molar-refractivity contribution in [1.82, 2.24) is 9.97 Å². The second-order valence-electron chi connectivity index (χ2n) is 5.90. The van der Waals surface area contributed by atoms with E-state index in [0.29, 0.717) is 10.7 Å². The standard InChI is InChI=1S/C19H19N3OS/c1-11-5-7-15(12(2)9-11)17-10-24-19(21-17)22-18(23)16-8-6-13(3)20-14(16)4/h5-10H,1-4H3,(H,21,22,23). The predicted molar refractivity (Wildman–Crippen MR) is 98.7 cm³/mol. The number of hydrogen-bond acceptors (Lipinski definition) is 4. The Morgan fingerprint density at radius 1 is 1.04 bits per heavy atom. The van der Waals surface area contributed by atoms with Crippen LogP contribution in [0.2, 0.25) is 0 Å². The van der Waals surface area contributed by atoms with Gasteiger partial charge in [-0.3, -0.25) is 15.1 Å². The number of aryl methyl sites for hydroxylation is 4. The quantitative estimate of drug-likeness (QED) is 0.754. The molecule has 4 nitrogen and oxygen atoms in total. The van der Waals surface area contributed by atoms with Gasteiger partial charge in [0, 0.05) is 16.6 Å². The van der Waals surface area contributed by atoms with Crippen LogP contribution in [0.4, 0.5) is 5.13 Å². The van der Waals surface area contributed by atoms with E-state index in [9.17, 15) is 4.79 Å². The molecule has 5 heteroatoms. The first-order valence-electron chi connectivity index (χ1n) is 7.73. The van der Waals surface area contributed by atoms with Crippen molar-refractivity contribution in [3.63, 3.8) is 0 Å². The van der Waals surface area contributed by atoms with Crippen molar-refractivity contribution in [3.8, 4) is 11.3 Å². The van der Waals surface area contributed by atoms with E-state index in [-0.39, 0.29) is 5.91 Å². The fourth-order valence-electron chi connectivity index (χ4n) is 2.65. The lowest BCUT2D eigenvalue weighted by molar-refractivity contribution is 0.102. The minimum atomic E-state index is -0.179. The Labute approximate surface area is 145 Å². The maximum absolute atomic E-state index is 12.4. The Hall–Kier alpha value is -2.53. The van der Waals surface area contributed by atoms with Gasteiger partial charge in [0.25, 0.3) is 5.91 Å². The fraction of sp³-hybridized carbons (Fsp3) is 0.211. The fourth-order valence-corrected chi connectivity index (χ4v) is 3.35. The highest BCUT2D eigenvalue weighted by atomic mass is 32.1. The third kappa shape index (κ3) is 3.36. The SMILES string of the molecule is Cc1ccc(-c2csc(NC(=O)c3ccc(C)nc3C)n2)c(C)c1. The van der Waals surface area contributed by atoms with Crippen molar-refractivity contribution in [1.29, 1.82) is 0 Å². The zero-order valence-electron chi connectivity index (χ0n) is 14.2. The first-order valence-corrected chi connectivity index (χ1v) is 8.61. The maximum Gasteiger partial charge on any atom is 0.259 e. The van der Waals surface area contributed by atoms with E-state index in [1.165, 1.54) is 22.5 Å². The molecule has 3 aromatic rings. The summed E-state index contributed by atoms with van der Waals surface area (Å²) in [6.45, 7) is 7.89. The lowest BCUT2D eigenvalue weighted by atomic mass is 10.0. The smallest absolute Gasteiger partial charge is 0.259 e. The van der Waals surface area contributed by atoms with Gasteiger partial charge in [-0.05, 0) is 45.4 Å². The molecule has 1 N–H and O–H groups in total. The average molecular weight is 337 g/mol. The Kier molecular flexibility index (Phi) is 4.44. The highest BCUT2D eigenvalue weighted by Gasteiger charge is 2.13. The van der Waals surface area contributed by atoms with Gasteiger partial charge < -0.3 is 0 Å². The monoisotopic (exact) mass is 337 g/mol. The molecule has 3 rings (SSSR count). The molecule has 0 fully saturated rings. The van der Waals surface area contributed by atoms with Crippen LogP contribution in [0.1, 0.15) is 32.9 Å². The number of aromatic nitrogens is 2. The van der Waals surface area contributed by atoms with Gasteiger partial charge in [0.1, 0.15) is 0 Å². The van der Waals surface area contributed by atoms with Crippen LogP contribution in [0.25, 0.3) is 11.3 Å². The van der Waals surface area contributed by atoms with E-state index in [1.807, 2.05) is 25.3 Å². The highest BCUT2D eigenvalue weighted by molar-refractivity contribution is 7.14.